The maximum absolute atomic E-state index is 10.6. The van der Waals surface area contributed by atoms with Gasteiger partial charge in [-0.05, 0) is 12.8 Å². The third-order valence-corrected chi connectivity index (χ3v) is 2.30. The highest BCUT2D eigenvalue weighted by Crippen LogP contribution is 2.26. The lowest BCUT2D eigenvalue weighted by atomic mass is 9.85. The van der Waals surface area contributed by atoms with Gasteiger partial charge in [-0.2, -0.15) is 0 Å². The average molecular weight is 201 g/mol. The van der Waals surface area contributed by atoms with Gasteiger partial charge >= 0.3 is 5.97 Å². The van der Waals surface area contributed by atoms with Crippen LogP contribution in [-0.4, -0.2) is 29.3 Å². The van der Waals surface area contributed by atoms with Gasteiger partial charge in [-0.3, -0.25) is 4.79 Å². The van der Waals surface area contributed by atoms with Gasteiger partial charge in [-0.25, -0.2) is 0 Å². The number of hydrogen-bond acceptors (Lipinski definition) is 5. The van der Waals surface area contributed by atoms with Crippen LogP contribution in [0.25, 0.3) is 0 Å². The molecule has 14 heavy (non-hydrogen) atoms. The molecule has 0 bridgehead atoms. The molecule has 1 aliphatic rings. The first-order valence-corrected chi connectivity index (χ1v) is 4.55. The van der Waals surface area contributed by atoms with Crippen molar-refractivity contribution in [3.63, 3.8) is 0 Å². The fourth-order valence-electron chi connectivity index (χ4n) is 1.76. The minimum Gasteiger partial charge on any atom is -0.550 e. The Kier molecular flexibility index (Phi) is 3.46. The number of carbonyl (C=O) groups is 2. The van der Waals surface area contributed by atoms with E-state index in [2.05, 4.69) is 0 Å². The van der Waals surface area contributed by atoms with Crippen molar-refractivity contribution < 1.29 is 24.5 Å². The Morgan fingerprint density at radius 1 is 1.36 bits per heavy atom. The Morgan fingerprint density at radius 2 is 2.00 bits per heavy atom. The largest absolute Gasteiger partial charge is 0.550 e. The Labute approximate surface area is 81.7 Å². The van der Waals surface area contributed by atoms with E-state index in [1.54, 1.807) is 0 Å². The molecule has 0 unspecified atom stereocenters. The van der Waals surface area contributed by atoms with Crippen LogP contribution in [0.2, 0.25) is 0 Å². The predicted molar refractivity (Wildman–Crippen MR) is 43.9 cm³/mol. The van der Waals surface area contributed by atoms with Crippen molar-refractivity contribution in [2.24, 2.45) is 5.92 Å². The fourth-order valence-corrected chi connectivity index (χ4v) is 1.76. The van der Waals surface area contributed by atoms with E-state index in [0.717, 1.165) is 0 Å². The van der Waals surface area contributed by atoms with Crippen LogP contribution in [0.15, 0.2) is 0 Å². The highest BCUT2D eigenvalue weighted by Gasteiger charge is 2.30. The van der Waals surface area contributed by atoms with E-state index >= 15 is 0 Å². The monoisotopic (exact) mass is 201 g/mol. The number of ether oxygens (including phenoxy) is 1. The summed E-state index contributed by atoms with van der Waals surface area (Å²) in [6, 6.07) is 0. The van der Waals surface area contributed by atoms with E-state index in [1.165, 1.54) is 6.92 Å². The van der Waals surface area contributed by atoms with E-state index in [-0.39, 0.29) is 12.8 Å². The van der Waals surface area contributed by atoms with Crippen LogP contribution in [0.5, 0.6) is 0 Å². The van der Waals surface area contributed by atoms with Crippen LogP contribution >= 0.6 is 0 Å². The molecule has 0 aromatic carbocycles. The topological polar surface area (TPSA) is 86.7 Å². The van der Waals surface area contributed by atoms with Crippen molar-refractivity contribution in [2.75, 3.05) is 0 Å². The van der Waals surface area contributed by atoms with Crippen molar-refractivity contribution in [3.8, 4) is 0 Å². The molecule has 5 nitrogen and oxygen atoms in total. The molecule has 80 valence electrons. The molecule has 0 aromatic rings. The zero-order valence-electron chi connectivity index (χ0n) is 7.93. The van der Waals surface area contributed by atoms with Crippen LogP contribution in [0.1, 0.15) is 26.2 Å². The van der Waals surface area contributed by atoms with Gasteiger partial charge in [0.25, 0.3) is 0 Å². The molecule has 5 heteroatoms. The molecule has 0 spiro atoms. The van der Waals surface area contributed by atoms with Crippen molar-refractivity contribution >= 4 is 11.9 Å². The van der Waals surface area contributed by atoms with E-state index in [4.69, 9.17) is 4.74 Å². The molecule has 1 N–H and O–H groups in total. The minimum atomic E-state index is -1.19. The predicted octanol–water partition coefficient (Wildman–Crippen LogP) is -1.17. The second kappa shape index (κ2) is 4.41. The lowest BCUT2D eigenvalue weighted by molar-refractivity contribution is -0.314. The first-order valence-electron chi connectivity index (χ1n) is 4.55. The van der Waals surface area contributed by atoms with Crippen LogP contribution in [-0.2, 0) is 14.3 Å². The van der Waals surface area contributed by atoms with E-state index in [9.17, 15) is 19.8 Å². The number of esters is 1. The first-order chi connectivity index (χ1) is 6.49. The smallest absolute Gasteiger partial charge is 0.302 e. The molecular formula is C9H13O5-. The summed E-state index contributed by atoms with van der Waals surface area (Å²) in [7, 11) is 0. The minimum absolute atomic E-state index is 0.181. The Hall–Kier alpha value is -1.10. The third kappa shape index (κ3) is 2.99. The van der Waals surface area contributed by atoms with Gasteiger partial charge in [0.1, 0.15) is 6.10 Å². The Morgan fingerprint density at radius 3 is 2.50 bits per heavy atom. The van der Waals surface area contributed by atoms with Gasteiger partial charge < -0.3 is 19.7 Å². The van der Waals surface area contributed by atoms with Gasteiger partial charge in [0.15, 0.2) is 0 Å². The molecule has 1 saturated carbocycles. The van der Waals surface area contributed by atoms with Crippen LogP contribution in [0, 0.1) is 5.92 Å². The van der Waals surface area contributed by atoms with Gasteiger partial charge in [-0.15, -0.1) is 0 Å². The van der Waals surface area contributed by atoms with Gasteiger partial charge in [0, 0.05) is 25.2 Å². The molecule has 1 aliphatic carbocycles. The summed E-state index contributed by atoms with van der Waals surface area (Å²) in [5, 5.41) is 19.9. The standard InChI is InChI=1S/C9H14O5/c1-5(10)14-8-3-6(9(12)13)2-7(11)4-8/h6-8,11H,2-4H2,1H3,(H,12,13)/p-1/t6-,7+,8-/m0/s1. The molecule has 0 heterocycles. The number of aliphatic carboxylic acids is 1. The van der Waals surface area contributed by atoms with Crippen molar-refractivity contribution in [2.45, 2.75) is 38.4 Å². The Balaban J connectivity index is 2.53. The van der Waals surface area contributed by atoms with E-state index in [0.29, 0.717) is 6.42 Å². The maximum Gasteiger partial charge on any atom is 0.302 e. The number of carboxylic acid groups (broad SMARTS) is 1. The normalized spacial score (nSPS) is 32.3. The number of carbonyl (C=O) groups excluding carboxylic acids is 2. The second-order valence-corrected chi connectivity index (χ2v) is 3.61. The molecule has 0 saturated heterocycles. The fraction of sp³-hybridized carbons (Fsp3) is 0.778. The van der Waals surface area contributed by atoms with Crippen molar-refractivity contribution in [3.05, 3.63) is 0 Å². The number of carboxylic acids is 1. The quantitative estimate of drug-likeness (QED) is 0.569. The zero-order valence-corrected chi connectivity index (χ0v) is 7.93. The summed E-state index contributed by atoms with van der Waals surface area (Å²) < 4.78 is 4.85. The summed E-state index contributed by atoms with van der Waals surface area (Å²) in [6.07, 6.45) is -0.502. The van der Waals surface area contributed by atoms with Crippen LogP contribution in [0.4, 0.5) is 0 Å². The highest BCUT2D eigenvalue weighted by atomic mass is 16.5. The van der Waals surface area contributed by atoms with E-state index in [1.807, 2.05) is 0 Å². The van der Waals surface area contributed by atoms with E-state index < -0.39 is 30.1 Å². The second-order valence-electron chi connectivity index (χ2n) is 3.61. The van der Waals surface area contributed by atoms with Crippen molar-refractivity contribution in [1.29, 1.82) is 0 Å². The molecule has 1 fully saturated rings. The van der Waals surface area contributed by atoms with Crippen molar-refractivity contribution in [1.82, 2.24) is 0 Å². The SMILES string of the molecule is CC(=O)O[C@@H]1C[C@H](O)C[C@H](C(=O)[O-])C1. The lowest BCUT2D eigenvalue weighted by Gasteiger charge is -2.32. The molecule has 0 aromatic heterocycles. The molecule has 0 radical (unpaired) electrons. The summed E-state index contributed by atoms with van der Waals surface area (Å²) >= 11 is 0. The molecule has 1 rings (SSSR count). The van der Waals surface area contributed by atoms with Gasteiger partial charge in [0.2, 0.25) is 0 Å². The maximum atomic E-state index is 10.6. The van der Waals surface area contributed by atoms with Gasteiger partial charge in [0.05, 0.1) is 6.10 Å². The number of aliphatic hydroxyl groups is 1. The highest BCUT2D eigenvalue weighted by molar-refractivity contribution is 5.68. The van der Waals surface area contributed by atoms with Gasteiger partial charge in [-0.1, -0.05) is 0 Å². The average Bonchev–Trinajstić information content (AvgIpc) is 2.01. The Bertz CT molecular complexity index is 237. The zero-order chi connectivity index (χ0) is 10.7. The molecular weight excluding hydrogens is 188 g/mol. The summed E-state index contributed by atoms with van der Waals surface area (Å²) in [6.45, 7) is 1.26. The lowest BCUT2D eigenvalue weighted by Crippen LogP contribution is -2.41. The number of aliphatic hydroxyl groups excluding tert-OH is 1. The molecule has 0 amide bonds. The summed E-state index contributed by atoms with van der Waals surface area (Å²) in [4.78, 5) is 21.2. The van der Waals surface area contributed by atoms with Crippen LogP contribution < -0.4 is 5.11 Å². The number of rotatable bonds is 2. The third-order valence-electron chi connectivity index (χ3n) is 2.30. The number of hydrogen-bond donors (Lipinski definition) is 1. The molecule has 0 aliphatic heterocycles. The summed E-state index contributed by atoms with van der Waals surface area (Å²) in [5.41, 5.74) is 0. The first kappa shape index (κ1) is 11.0. The summed E-state index contributed by atoms with van der Waals surface area (Å²) in [5.74, 6) is -2.37. The van der Waals surface area contributed by atoms with Crippen LogP contribution in [0.3, 0.4) is 0 Å². The molecule has 3 atom stereocenters.